The van der Waals surface area contributed by atoms with Gasteiger partial charge < -0.3 is 5.73 Å². The van der Waals surface area contributed by atoms with Gasteiger partial charge in [-0.3, -0.25) is 4.98 Å². The Morgan fingerprint density at radius 1 is 1.39 bits per heavy atom. The highest BCUT2D eigenvalue weighted by Gasteiger charge is 2.32. The zero-order chi connectivity index (χ0) is 16.6. The van der Waals surface area contributed by atoms with Gasteiger partial charge >= 0.3 is 0 Å². The summed E-state index contributed by atoms with van der Waals surface area (Å²) in [4.78, 5) is 4.66. The Morgan fingerprint density at radius 3 is 2.91 bits per heavy atom. The van der Waals surface area contributed by atoms with Gasteiger partial charge in [-0.15, -0.1) is 0 Å². The third-order valence-corrected chi connectivity index (χ3v) is 6.49. The van der Waals surface area contributed by atoms with Crippen LogP contribution in [0.25, 0.3) is 10.9 Å². The van der Waals surface area contributed by atoms with Crippen LogP contribution in [-0.4, -0.2) is 36.8 Å². The van der Waals surface area contributed by atoms with E-state index in [2.05, 4.69) is 4.98 Å². The van der Waals surface area contributed by atoms with Gasteiger partial charge in [-0.1, -0.05) is 12.1 Å². The van der Waals surface area contributed by atoms with Gasteiger partial charge in [0.2, 0.25) is 10.0 Å². The molecule has 0 aliphatic carbocycles. The maximum Gasteiger partial charge on any atom is 0.245 e. The lowest BCUT2D eigenvalue weighted by Gasteiger charge is -2.33. The standard InChI is InChI=1S/C17H23N3O2S/c1-12-9-14-5-3-7-16(17(14)19-10-12)23(21,22)20-8-4-6-15(11-20)13(2)18/h3,5,7,9-10,13,15H,4,6,8,11,18H2,1-2H3/t13-,15-/m0/s1. The number of hydrogen-bond donors (Lipinski definition) is 1. The number of hydrogen-bond acceptors (Lipinski definition) is 4. The molecule has 1 aliphatic heterocycles. The Morgan fingerprint density at radius 2 is 2.17 bits per heavy atom. The third-order valence-electron chi connectivity index (χ3n) is 4.59. The SMILES string of the molecule is Cc1cnc2c(S(=O)(=O)N3CCC[C@H]([C@H](C)N)C3)cccc2c1. The van der Waals surface area contributed by atoms with Crippen LogP contribution in [-0.2, 0) is 10.0 Å². The summed E-state index contributed by atoms with van der Waals surface area (Å²) in [7, 11) is -3.55. The van der Waals surface area contributed by atoms with Crippen LogP contribution >= 0.6 is 0 Å². The molecular formula is C17H23N3O2S. The van der Waals surface area contributed by atoms with E-state index in [-0.39, 0.29) is 12.0 Å². The molecule has 124 valence electrons. The zero-order valence-electron chi connectivity index (χ0n) is 13.6. The van der Waals surface area contributed by atoms with Gasteiger partial charge in [0.25, 0.3) is 0 Å². The second-order valence-electron chi connectivity index (χ2n) is 6.47. The van der Waals surface area contributed by atoms with E-state index >= 15 is 0 Å². The maximum absolute atomic E-state index is 13.1. The van der Waals surface area contributed by atoms with E-state index in [1.165, 1.54) is 0 Å². The van der Waals surface area contributed by atoms with E-state index in [0.717, 1.165) is 23.8 Å². The number of benzene rings is 1. The summed E-state index contributed by atoms with van der Waals surface area (Å²) in [5, 5.41) is 0.854. The van der Waals surface area contributed by atoms with Gasteiger partial charge in [0.1, 0.15) is 4.90 Å². The first-order valence-corrected chi connectivity index (χ1v) is 9.44. The highest BCUT2D eigenvalue weighted by atomic mass is 32.2. The largest absolute Gasteiger partial charge is 0.328 e. The van der Waals surface area contributed by atoms with Gasteiger partial charge in [-0.05, 0) is 50.3 Å². The van der Waals surface area contributed by atoms with Crippen molar-refractivity contribution in [2.24, 2.45) is 11.7 Å². The van der Waals surface area contributed by atoms with Crippen molar-refractivity contribution in [2.45, 2.75) is 37.6 Å². The number of aromatic nitrogens is 1. The molecule has 0 amide bonds. The molecule has 0 unspecified atom stereocenters. The van der Waals surface area contributed by atoms with E-state index in [9.17, 15) is 8.42 Å². The molecule has 6 heteroatoms. The van der Waals surface area contributed by atoms with Crippen molar-refractivity contribution in [3.05, 3.63) is 36.0 Å². The Bertz CT molecular complexity index is 818. The highest BCUT2D eigenvalue weighted by molar-refractivity contribution is 7.89. The first-order valence-electron chi connectivity index (χ1n) is 8.00. The Kier molecular flexibility index (Phi) is 4.40. The van der Waals surface area contributed by atoms with E-state index < -0.39 is 10.0 Å². The molecule has 23 heavy (non-hydrogen) atoms. The first-order chi connectivity index (χ1) is 10.9. The molecule has 5 nitrogen and oxygen atoms in total. The molecule has 0 saturated carbocycles. The molecule has 2 heterocycles. The fourth-order valence-corrected chi connectivity index (χ4v) is 4.91. The van der Waals surface area contributed by atoms with Crippen LogP contribution in [0.4, 0.5) is 0 Å². The van der Waals surface area contributed by atoms with E-state index in [4.69, 9.17) is 5.73 Å². The maximum atomic E-state index is 13.1. The first kappa shape index (κ1) is 16.4. The zero-order valence-corrected chi connectivity index (χ0v) is 14.4. The van der Waals surface area contributed by atoms with Crippen LogP contribution in [0, 0.1) is 12.8 Å². The predicted molar refractivity (Wildman–Crippen MR) is 91.6 cm³/mol. The monoisotopic (exact) mass is 333 g/mol. The number of piperidine rings is 1. The quantitative estimate of drug-likeness (QED) is 0.935. The minimum absolute atomic E-state index is 0.00120. The van der Waals surface area contributed by atoms with Gasteiger partial charge in [-0.2, -0.15) is 4.31 Å². The molecule has 1 fully saturated rings. The lowest BCUT2D eigenvalue weighted by molar-refractivity contribution is 0.243. The third kappa shape index (κ3) is 3.11. The van der Waals surface area contributed by atoms with Crippen molar-refractivity contribution in [2.75, 3.05) is 13.1 Å². The fourth-order valence-electron chi connectivity index (χ4n) is 3.21. The molecule has 2 N–H and O–H groups in total. The summed E-state index contributed by atoms with van der Waals surface area (Å²) in [5.74, 6) is 0.212. The molecule has 1 aromatic heterocycles. The number of aryl methyl sites for hydroxylation is 1. The molecule has 0 radical (unpaired) electrons. The number of rotatable bonds is 3. The number of pyridine rings is 1. The Labute approximate surface area is 137 Å². The lowest BCUT2D eigenvalue weighted by atomic mass is 9.93. The molecular weight excluding hydrogens is 310 g/mol. The van der Waals surface area contributed by atoms with Crippen LogP contribution < -0.4 is 5.73 Å². The minimum atomic E-state index is -3.55. The number of fused-ring (bicyclic) bond motifs is 1. The summed E-state index contributed by atoms with van der Waals surface area (Å²) in [6.45, 7) is 4.94. The lowest BCUT2D eigenvalue weighted by Crippen LogP contribution is -2.45. The molecule has 2 aromatic rings. The average molecular weight is 333 g/mol. The summed E-state index contributed by atoms with van der Waals surface area (Å²) < 4.78 is 27.8. The molecule has 0 spiro atoms. The molecule has 3 rings (SSSR count). The molecule has 0 bridgehead atoms. The topological polar surface area (TPSA) is 76.3 Å². The van der Waals surface area contributed by atoms with Crippen molar-refractivity contribution in [1.82, 2.24) is 9.29 Å². The van der Waals surface area contributed by atoms with Gasteiger partial charge in [0.15, 0.2) is 0 Å². The summed E-state index contributed by atoms with van der Waals surface area (Å²) >= 11 is 0. The predicted octanol–water partition coefficient (Wildman–Crippen LogP) is 2.29. The van der Waals surface area contributed by atoms with Crippen LogP contribution in [0.5, 0.6) is 0 Å². The van der Waals surface area contributed by atoms with Crippen molar-refractivity contribution in [3.63, 3.8) is 0 Å². The van der Waals surface area contributed by atoms with Crippen LogP contribution in [0.15, 0.2) is 35.4 Å². The highest BCUT2D eigenvalue weighted by Crippen LogP contribution is 2.28. The number of para-hydroxylation sites is 1. The van der Waals surface area contributed by atoms with Crippen LogP contribution in [0.2, 0.25) is 0 Å². The second kappa shape index (κ2) is 6.19. The van der Waals surface area contributed by atoms with Crippen molar-refractivity contribution >= 4 is 20.9 Å². The number of sulfonamides is 1. The average Bonchev–Trinajstić information content (AvgIpc) is 2.54. The van der Waals surface area contributed by atoms with Crippen LogP contribution in [0.1, 0.15) is 25.3 Å². The fraction of sp³-hybridized carbons (Fsp3) is 0.471. The Balaban J connectivity index is 2.03. The van der Waals surface area contributed by atoms with E-state index in [1.807, 2.05) is 26.0 Å². The van der Waals surface area contributed by atoms with Crippen LogP contribution in [0.3, 0.4) is 0 Å². The number of nitrogens with two attached hydrogens (primary N) is 1. The summed E-state index contributed by atoms with van der Waals surface area (Å²) in [5.41, 5.74) is 7.54. The van der Waals surface area contributed by atoms with Gasteiger partial charge in [0, 0.05) is 30.7 Å². The van der Waals surface area contributed by atoms with Gasteiger partial charge in [-0.25, -0.2) is 8.42 Å². The van der Waals surface area contributed by atoms with Gasteiger partial charge in [0.05, 0.1) is 5.52 Å². The second-order valence-corrected chi connectivity index (χ2v) is 8.37. The molecule has 1 saturated heterocycles. The smallest absolute Gasteiger partial charge is 0.245 e. The summed E-state index contributed by atoms with van der Waals surface area (Å²) in [6.07, 6.45) is 3.54. The van der Waals surface area contributed by atoms with E-state index in [0.29, 0.717) is 23.5 Å². The molecule has 1 aliphatic rings. The van der Waals surface area contributed by atoms with Crippen molar-refractivity contribution in [1.29, 1.82) is 0 Å². The molecule has 2 atom stereocenters. The normalized spacial score (nSPS) is 21.4. The Hall–Kier alpha value is -1.50. The van der Waals surface area contributed by atoms with E-state index in [1.54, 1.807) is 22.6 Å². The summed E-state index contributed by atoms with van der Waals surface area (Å²) in [6, 6.07) is 7.29. The van der Waals surface area contributed by atoms with Crippen molar-refractivity contribution < 1.29 is 8.42 Å². The molecule has 1 aromatic carbocycles. The number of nitrogens with zero attached hydrogens (tertiary/aromatic N) is 2. The minimum Gasteiger partial charge on any atom is -0.328 e. The van der Waals surface area contributed by atoms with Crippen molar-refractivity contribution in [3.8, 4) is 0 Å².